The third-order valence-electron chi connectivity index (χ3n) is 3.01. The van der Waals surface area contributed by atoms with Crippen LogP contribution in [0.3, 0.4) is 0 Å². The van der Waals surface area contributed by atoms with Crippen LogP contribution >= 0.6 is 11.6 Å². The van der Waals surface area contributed by atoms with E-state index in [9.17, 15) is 0 Å². The maximum Gasteiger partial charge on any atom is 0.0719 e. The molecular formula is C16H12ClN. The van der Waals surface area contributed by atoms with Crippen molar-refractivity contribution in [2.75, 3.05) is 0 Å². The molecule has 18 heavy (non-hydrogen) atoms. The fourth-order valence-electron chi connectivity index (χ4n) is 2.10. The van der Waals surface area contributed by atoms with Gasteiger partial charge in [-0.1, -0.05) is 54.1 Å². The second-order valence-corrected chi connectivity index (χ2v) is 4.71. The van der Waals surface area contributed by atoms with E-state index in [-0.39, 0.29) is 0 Å². The van der Waals surface area contributed by atoms with E-state index in [1.54, 1.807) is 6.20 Å². The van der Waals surface area contributed by atoms with Gasteiger partial charge in [0.2, 0.25) is 0 Å². The SMILES string of the molecule is Clc1ccnc2cc(Cc3ccccc3)ccc12. The zero-order chi connectivity index (χ0) is 12.4. The molecule has 2 aromatic carbocycles. The van der Waals surface area contributed by atoms with Gasteiger partial charge in [-0.25, -0.2) is 0 Å². The zero-order valence-corrected chi connectivity index (χ0v) is 10.6. The van der Waals surface area contributed by atoms with Gasteiger partial charge in [-0.15, -0.1) is 0 Å². The Bertz CT molecular complexity index is 677. The standard InChI is InChI=1S/C16H12ClN/c17-15-8-9-18-16-11-13(6-7-14(15)16)10-12-4-2-1-3-5-12/h1-9,11H,10H2. The van der Waals surface area contributed by atoms with E-state index in [0.717, 1.165) is 22.3 Å². The molecule has 0 atom stereocenters. The first-order chi connectivity index (χ1) is 8.83. The molecule has 0 unspecified atom stereocenters. The number of aromatic nitrogens is 1. The fourth-order valence-corrected chi connectivity index (χ4v) is 2.32. The van der Waals surface area contributed by atoms with Crippen molar-refractivity contribution >= 4 is 22.5 Å². The van der Waals surface area contributed by atoms with E-state index in [2.05, 4.69) is 41.4 Å². The van der Waals surface area contributed by atoms with Crippen molar-refractivity contribution in [3.05, 3.63) is 76.9 Å². The first-order valence-electron chi connectivity index (χ1n) is 5.90. The van der Waals surface area contributed by atoms with Crippen LogP contribution in [0.2, 0.25) is 5.02 Å². The summed E-state index contributed by atoms with van der Waals surface area (Å²) < 4.78 is 0. The summed E-state index contributed by atoms with van der Waals surface area (Å²) in [6, 6.07) is 18.5. The van der Waals surface area contributed by atoms with Crippen LogP contribution in [0.1, 0.15) is 11.1 Å². The van der Waals surface area contributed by atoms with Gasteiger partial charge in [-0.05, 0) is 29.7 Å². The van der Waals surface area contributed by atoms with Gasteiger partial charge in [0, 0.05) is 11.6 Å². The van der Waals surface area contributed by atoms with Crippen molar-refractivity contribution in [3.8, 4) is 0 Å². The Hall–Kier alpha value is -1.86. The van der Waals surface area contributed by atoms with Crippen molar-refractivity contribution in [3.63, 3.8) is 0 Å². The Morgan fingerprint density at radius 2 is 1.72 bits per heavy atom. The van der Waals surface area contributed by atoms with Crippen LogP contribution in [0.25, 0.3) is 10.9 Å². The largest absolute Gasteiger partial charge is 0.256 e. The minimum Gasteiger partial charge on any atom is -0.256 e. The van der Waals surface area contributed by atoms with Crippen molar-refractivity contribution in [2.45, 2.75) is 6.42 Å². The van der Waals surface area contributed by atoms with Crippen molar-refractivity contribution in [1.82, 2.24) is 4.98 Å². The lowest BCUT2D eigenvalue weighted by molar-refractivity contribution is 1.19. The average molecular weight is 254 g/mol. The molecule has 0 spiro atoms. The molecule has 3 aromatic rings. The maximum absolute atomic E-state index is 6.13. The lowest BCUT2D eigenvalue weighted by Crippen LogP contribution is -1.89. The van der Waals surface area contributed by atoms with Crippen LogP contribution in [0, 0.1) is 0 Å². The molecular weight excluding hydrogens is 242 g/mol. The lowest BCUT2D eigenvalue weighted by Gasteiger charge is -2.04. The molecule has 0 fully saturated rings. The molecule has 0 N–H and O–H groups in total. The molecule has 0 saturated carbocycles. The first kappa shape index (κ1) is 11.2. The molecule has 0 bridgehead atoms. The molecule has 1 aromatic heterocycles. The van der Waals surface area contributed by atoms with Gasteiger partial charge in [-0.3, -0.25) is 4.98 Å². The summed E-state index contributed by atoms with van der Waals surface area (Å²) in [6.07, 6.45) is 2.67. The molecule has 1 nitrogen and oxygen atoms in total. The molecule has 0 radical (unpaired) electrons. The Morgan fingerprint density at radius 1 is 0.889 bits per heavy atom. The predicted octanol–water partition coefficient (Wildman–Crippen LogP) is 4.48. The first-order valence-corrected chi connectivity index (χ1v) is 6.28. The predicted molar refractivity (Wildman–Crippen MR) is 76.0 cm³/mol. The molecule has 0 amide bonds. The number of hydrogen-bond acceptors (Lipinski definition) is 1. The third-order valence-corrected chi connectivity index (χ3v) is 3.33. The summed E-state index contributed by atoms with van der Waals surface area (Å²) in [5, 5.41) is 1.77. The highest BCUT2D eigenvalue weighted by Crippen LogP contribution is 2.23. The summed E-state index contributed by atoms with van der Waals surface area (Å²) in [6.45, 7) is 0. The monoisotopic (exact) mass is 253 g/mol. The maximum atomic E-state index is 6.13. The Labute approximate surface area is 111 Å². The normalized spacial score (nSPS) is 10.7. The number of benzene rings is 2. The summed E-state index contributed by atoms with van der Waals surface area (Å²) >= 11 is 6.13. The minimum absolute atomic E-state index is 0.756. The lowest BCUT2D eigenvalue weighted by atomic mass is 10.0. The molecule has 0 aliphatic rings. The Morgan fingerprint density at radius 3 is 2.56 bits per heavy atom. The molecule has 0 aliphatic heterocycles. The highest BCUT2D eigenvalue weighted by Gasteiger charge is 2.02. The highest BCUT2D eigenvalue weighted by molar-refractivity contribution is 6.35. The zero-order valence-electron chi connectivity index (χ0n) is 9.81. The number of hydrogen-bond donors (Lipinski definition) is 0. The highest BCUT2D eigenvalue weighted by atomic mass is 35.5. The Kier molecular flexibility index (Phi) is 2.99. The van der Waals surface area contributed by atoms with Crippen LogP contribution in [0.15, 0.2) is 60.8 Å². The van der Waals surface area contributed by atoms with Crippen molar-refractivity contribution < 1.29 is 0 Å². The number of fused-ring (bicyclic) bond motifs is 1. The number of halogens is 1. The van der Waals surface area contributed by atoms with E-state index in [1.807, 2.05) is 18.2 Å². The van der Waals surface area contributed by atoms with E-state index < -0.39 is 0 Å². The van der Waals surface area contributed by atoms with Crippen LogP contribution in [-0.2, 0) is 6.42 Å². The second-order valence-electron chi connectivity index (χ2n) is 4.31. The molecule has 1 heterocycles. The third kappa shape index (κ3) is 2.22. The quantitative estimate of drug-likeness (QED) is 0.656. The van der Waals surface area contributed by atoms with Crippen molar-refractivity contribution in [1.29, 1.82) is 0 Å². The topological polar surface area (TPSA) is 12.9 Å². The molecule has 3 rings (SSSR count). The summed E-state index contributed by atoms with van der Waals surface area (Å²) in [5.74, 6) is 0. The van der Waals surface area contributed by atoms with Gasteiger partial charge in [0.05, 0.1) is 10.5 Å². The molecule has 88 valence electrons. The van der Waals surface area contributed by atoms with E-state index in [1.165, 1.54) is 11.1 Å². The van der Waals surface area contributed by atoms with Crippen LogP contribution in [0.4, 0.5) is 0 Å². The van der Waals surface area contributed by atoms with Gasteiger partial charge < -0.3 is 0 Å². The van der Waals surface area contributed by atoms with Gasteiger partial charge in [-0.2, -0.15) is 0 Å². The molecule has 0 saturated heterocycles. The van der Waals surface area contributed by atoms with E-state index >= 15 is 0 Å². The van der Waals surface area contributed by atoms with Gasteiger partial charge in [0.15, 0.2) is 0 Å². The van der Waals surface area contributed by atoms with E-state index in [0.29, 0.717) is 0 Å². The smallest absolute Gasteiger partial charge is 0.0719 e. The van der Waals surface area contributed by atoms with Crippen LogP contribution in [-0.4, -0.2) is 4.98 Å². The molecule has 2 heteroatoms. The summed E-state index contributed by atoms with van der Waals surface area (Å²) in [4.78, 5) is 4.36. The summed E-state index contributed by atoms with van der Waals surface area (Å²) in [5.41, 5.74) is 3.51. The second kappa shape index (κ2) is 4.79. The Balaban J connectivity index is 1.99. The van der Waals surface area contributed by atoms with Crippen LogP contribution in [0.5, 0.6) is 0 Å². The number of nitrogens with zero attached hydrogens (tertiary/aromatic N) is 1. The van der Waals surface area contributed by atoms with Gasteiger partial charge in [0.1, 0.15) is 0 Å². The minimum atomic E-state index is 0.756. The average Bonchev–Trinajstić information content (AvgIpc) is 2.40. The van der Waals surface area contributed by atoms with Crippen LogP contribution < -0.4 is 0 Å². The van der Waals surface area contributed by atoms with Crippen molar-refractivity contribution in [2.24, 2.45) is 0 Å². The van der Waals surface area contributed by atoms with Gasteiger partial charge >= 0.3 is 0 Å². The number of pyridine rings is 1. The van der Waals surface area contributed by atoms with Gasteiger partial charge in [0.25, 0.3) is 0 Å². The molecule has 0 aliphatic carbocycles. The summed E-state index contributed by atoms with van der Waals surface area (Å²) in [7, 11) is 0. The number of rotatable bonds is 2. The fraction of sp³-hybridized carbons (Fsp3) is 0.0625. The van der Waals surface area contributed by atoms with E-state index in [4.69, 9.17) is 11.6 Å².